The van der Waals surface area contributed by atoms with Crippen LogP contribution in [0.4, 0.5) is 0 Å². The predicted octanol–water partition coefficient (Wildman–Crippen LogP) is 4.16. The van der Waals surface area contributed by atoms with E-state index in [0.29, 0.717) is 56.6 Å². The molecule has 2 aromatic rings. The largest absolute Gasteiger partial charge is 0.503 e. The van der Waals surface area contributed by atoms with Gasteiger partial charge >= 0.3 is 0 Å². The predicted molar refractivity (Wildman–Crippen MR) is 137 cm³/mol. The molecule has 9 heteroatoms. The Balaban J connectivity index is 1.66. The van der Waals surface area contributed by atoms with Gasteiger partial charge in [-0.1, -0.05) is 25.8 Å². The molecule has 1 aromatic heterocycles. The Bertz CT molecular complexity index is 1090. The molecule has 1 atom stereocenters. The third kappa shape index (κ3) is 6.17. The second-order valence-corrected chi connectivity index (χ2v) is 9.12. The van der Waals surface area contributed by atoms with Gasteiger partial charge in [0.05, 0.1) is 44.3 Å². The van der Waals surface area contributed by atoms with Gasteiger partial charge in [0.1, 0.15) is 0 Å². The summed E-state index contributed by atoms with van der Waals surface area (Å²) < 4.78 is 22.6. The van der Waals surface area contributed by atoms with E-state index in [1.807, 2.05) is 13.0 Å². The Morgan fingerprint density at radius 2 is 1.89 bits per heavy atom. The van der Waals surface area contributed by atoms with Crippen LogP contribution in [-0.2, 0) is 9.53 Å². The zero-order chi connectivity index (χ0) is 26.2. The van der Waals surface area contributed by atoms with Gasteiger partial charge < -0.3 is 28.6 Å². The molecule has 1 N–H and O–H groups in total. The number of amides is 1. The van der Waals surface area contributed by atoms with Crippen LogP contribution < -0.4 is 9.47 Å². The monoisotopic (exact) mass is 512 g/mol. The number of carbonyl (C=O) groups is 2. The summed E-state index contributed by atoms with van der Waals surface area (Å²) in [6.45, 7) is 8.77. The summed E-state index contributed by atoms with van der Waals surface area (Å²) in [7, 11) is 0. The number of benzene rings is 1. The summed E-state index contributed by atoms with van der Waals surface area (Å²) in [6, 6.07) is 7.77. The van der Waals surface area contributed by atoms with Crippen LogP contribution in [0, 0.1) is 0 Å². The molecule has 0 spiro atoms. The number of aliphatic hydroxyl groups is 1. The minimum atomic E-state index is -0.792. The lowest BCUT2D eigenvalue weighted by Crippen LogP contribution is -2.43. The fourth-order valence-corrected chi connectivity index (χ4v) is 4.69. The minimum Gasteiger partial charge on any atom is -0.503 e. The molecule has 4 rings (SSSR count). The first kappa shape index (κ1) is 26.8. The van der Waals surface area contributed by atoms with E-state index in [-0.39, 0.29) is 11.3 Å². The number of hydrogen-bond acceptors (Lipinski definition) is 8. The Morgan fingerprint density at radius 1 is 1.08 bits per heavy atom. The van der Waals surface area contributed by atoms with Gasteiger partial charge in [-0.25, -0.2) is 0 Å². The molecule has 9 nitrogen and oxygen atoms in total. The fourth-order valence-electron chi connectivity index (χ4n) is 4.69. The molecule has 1 aromatic carbocycles. The molecule has 200 valence electrons. The molecular formula is C28H36N2O7. The summed E-state index contributed by atoms with van der Waals surface area (Å²) in [6.07, 6.45) is 4.50. The van der Waals surface area contributed by atoms with Crippen LogP contribution in [0.5, 0.6) is 11.5 Å². The van der Waals surface area contributed by atoms with Crippen molar-refractivity contribution >= 4 is 11.7 Å². The van der Waals surface area contributed by atoms with Crippen LogP contribution in [0.25, 0.3) is 0 Å². The molecule has 0 aliphatic carbocycles. The van der Waals surface area contributed by atoms with Crippen molar-refractivity contribution in [3.8, 4) is 11.5 Å². The lowest BCUT2D eigenvalue weighted by molar-refractivity contribution is -0.129. The number of ketones is 1. The average Bonchev–Trinajstić information content (AvgIpc) is 3.54. The zero-order valence-electron chi connectivity index (χ0n) is 21.6. The highest BCUT2D eigenvalue weighted by Gasteiger charge is 2.44. The molecule has 1 saturated heterocycles. The standard InChI is InChI=1S/C28H36N2O7/c1-3-5-6-15-36-21-10-9-20(19-23(21)35-4-2)25-24(26(31)22-8-7-16-37-22)27(32)28(33)30(25)12-11-29-13-17-34-18-14-29/h7-10,16,19,25,32H,3-6,11-15,17-18H2,1-2H3. The van der Waals surface area contributed by atoms with Gasteiger partial charge in [0.2, 0.25) is 5.78 Å². The molecule has 0 saturated carbocycles. The highest BCUT2D eigenvalue weighted by molar-refractivity contribution is 6.15. The Labute approximate surface area is 217 Å². The highest BCUT2D eigenvalue weighted by Crippen LogP contribution is 2.41. The maximum absolute atomic E-state index is 13.4. The number of carbonyl (C=O) groups excluding carboxylic acids is 2. The summed E-state index contributed by atoms with van der Waals surface area (Å²) in [4.78, 5) is 30.4. The van der Waals surface area contributed by atoms with E-state index in [1.165, 1.54) is 12.3 Å². The number of unbranched alkanes of at least 4 members (excludes halogenated alkanes) is 2. The number of hydrogen-bond donors (Lipinski definition) is 1. The average molecular weight is 513 g/mol. The summed E-state index contributed by atoms with van der Waals surface area (Å²) in [5.74, 6) is -0.439. The molecule has 1 unspecified atom stereocenters. The van der Waals surface area contributed by atoms with Crippen LogP contribution in [0.2, 0.25) is 0 Å². The number of ether oxygens (including phenoxy) is 3. The van der Waals surface area contributed by atoms with Gasteiger partial charge in [0.25, 0.3) is 5.91 Å². The van der Waals surface area contributed by atoms with Gasteiger partial charge in [0.15, 0.2) is 23.0 Å². The number of nitrogens with zero attached hydrogens (tertiary/aromatic N) is 2. The third-order valence-corrected chi connectivity index (χ3v) is 6.64. The number of morpholine rings is 1. The Morgan fingerprint density at radius 3 is 2.59 bits per heavy atom. The maximum Gasteiger partial charge on any atom is 0.290 e. The first-order chi connectivity index (χ1) is 18.0. The van der Waals surface area contributed by atoms with Crippen LogP contribution >= 0.6 is 0 Å². The van der Waals surface area contributed by atoms with Crippen molar-refractivity contribution in [2.24, 2.45) is 0 Å². The summed E-state index contributed by atoms with van der Waals surface area (Å²) in [5, 5.41) is 10.9. The maximum atomic E-state index is 13.4. The lowest BCUT2D eigenvalue weighted by Gasteiger charge is -2.31. The zero-order valence-corrected chi connectivity index (χ0v) is 21.6. The van der Waals surface area contributed by atoms with E-state index in [9.17, 15) is 14.7 Å². The normalized spacial score (nSPS) is 18.5. The molecule has 1 fully saturated rings. The van der Waals surface area contributed by atoms with Crippen molar-refractivity contribution in [3.63, 3.8) is 0 Å². The van der Waals surface area contributed by atoms with Crippen LogP contribution in [0.3, 0.4) is 0 Å². The molecule has 0 radical (unpaired) electrons. The van der Waals surface area contributed by atoms with E-state index in [0.717, 1.165) is 32.4 Å². The fraction of sp³-hybridized carbons (Fsp3) is 0.500. The Hall–Kier alpha value is -3.30. The topological polar surface area (TPSA) is 102 Å². The minimum absolute atomic E-state index is 0.000917. The first-order valence-electron chi connectivity index (χ1n) is 13.1. The molecule has 2 aliphatic heterocycles. The molecule has 1 amide bonds. The van der Waals surface area contributed by atoms with Crippen molar-refractivity contribution in [2.45, 2.75) is 39.2 Å². The number of rotatable bonds is 13. The van der Waals surface area contributed by atoms with Gasteiger partial charge in [-0.2, -0.15) is 0 Å². The van der Waals surface area contributed by atoms with Crippen LogP contribution in [-0.4, -0.2) is 79.2 Å². The van der Waals surface area contributed by atoms with Crippen molar-refractivity contribution < 1.29 is 33.3 Å². The van der Waals surface area contributed by atoms with E-state index in [2.05, 4.69) is 11.8 Å². The summed E-state index contributed by atoms with van der Waals surface area (Å²) in [5.41, 5.74) is 0.652. The van der Waals surface area contributed by atoms with E-state index in [4.69, 9.17) is 18.6 Å². The van der Waals surface area contributed by atoms with Crippen molar-refractivity contribution in [1.29, 1.82) is 0 Å². The highest BCUT2D eigenvalue weighted by atomic mass is 16.5. The van der Waals surface area contributed by atoms with Crippen LogP contribution in [0.1, 0.15) is 55.3 Å². The van der Waals surface area contributed by atoms with Crippen LogP contribution in [0.15, 0.2) is 52.3 Å². The van der Waals surface area contributed by atoms with E-state index in [1.54, 1.807) is 23.1 Å². The third-order valence-electron chi connectivity index (χ3n) is 6.64. The summed E-state index contributed by atoms with van der Waals surface area (Å²) >= 11 is 0. The van der Waals surface area contributed by atoms with Gasteiger partial charge in [-0.05, 0) is 43.2 Å². The molecular weight excluding hydrogens is 476 g/mol. The van der Waals surface area contributed by atoms with Crippen molar-refractivity contribution in [2.75, 3.05) is 52.6 Å². The molecule has 3 heterocycles. The lowest BCUT2D eigenvalue weighted by atomic mass is 9.94. The Kier molecular flexibility index (Phi) is 9.24. The smallest absolute Gasteiger partial charge is 0.290 e. The molecule has 2 aliphatic rings. The van der Waals surface area contributed by atoms with Gasteiger partial charge in [0, 0.05) is 26.2 Å². The number of Topliss-reactive ketones (excluding diaryl/α,β-unsaturated/α-hetero) is 1. The first-order valence-corrected chi connectivity index (χ1v) is 13.1. The second-order valence-electron chi connectivity index (χ2n) is 9.12. The van der Waals surface area contributed by atoms with Gasteiger partial charge in [-0.3, -0.25) is 14.5 Å². The van der Waals surface area contributed by atoms with Crippen molar-refractivity contribution in [3.05, 3.63) is 59.3 Å². The van der Waals surface area contributed by atoms with E-state index < -0.39 is 23.5 Å². The number of aliphatic hydroxyl groups excluding tert-OH is 1. The van der Waals surface area contributed by atoms with Gasteiger partial charge in [-0.15, -0.1) is 0 Å². The SMILES string of the molecule is CCCCCOc1ccc(C2C(C(=O)c3ccco3)=C(O)C(=O)N2CCN2CCOCC2)cc1OCC. The second kappa shape index (κ2) is 12.8. The molecule has 37 heavy (non-hydrogen) atoms. The van der Waals surface area contributed by atoms with Crippen molar-refractivity contribution in [1.82, 2.24) is 9.80 Å². The van der Waals surface area contributed by atoms with E-state index >= 15 is 0 Å². The number of furan rings is 1. The quantitative estimate of drug-likeness (QED) is 0.315. The molecule has 0 bridgehead atoms.